The Morgan fingerprint density at radius 2 is 2.00 bits per heavy atom. The number of rotatable bonds is 2. The van der Waals surface area contributed by atoms with Gasteiger partial charge in [0.05, 0.1) is 11.9 Å². The van der Waals surface area contributed by atoms with Crippen LogP contribution in [0.2, 0.25) is 0 Å². The van der Waals surface area contributed by atoms with E-state index in [4.69, 9.17) is 0 Å². The quantitative estimate of drug-likeness (QED) is 0.878. The highest BCUT2D eigenvalue weighted by Crippen LogP contribution is 2.27. The molecule has 0 saturated carbocycles. The van der Waals surface area contributed by atoms with E-state index in [1.807, 2.05) is 0 Å². The molecule has 4 nitrogen and oxygen atoms in total. The minimum Gasteiger partial charge on any atom is -0.358 e. The number of hydrogen-bond acceptors (Lipinski definition) is 3. The molecule has 17 heavy (non-hydrogen) atoms. The Balaban J connectivity index is 2.36. The molecule has 2 aromatic heterocycles. The van der Waals surface area contributed by atoms with Gasteiger partial charge in [-0.15, -0.1) is 0 Å². The van der Waals surface area contributed by atoms with Crippen molar-refractivity contribution in [3.8, 4) is 5.69 Å². The van der Waals surface area contributed by atoms with Crippen LogP contribution in [-0.2, 0) is 6.18 Å². The van der Waals surface area contributed by atoms with Crippen molar-refractivity contribution in [1.82, 2.24) is 14.5 Å². The van der Waals surface area contributed by atoms with Gasteiger partial charge in [-0.1, -0.05) is 0 Å². The summed E-state index contributed by atoms with van der Waals surface area (Å²) in [5, 5.41) is 2.82. The summed E-state index contributed by atoms with van der Waals surface area (Å²) in [6, 6.07) is 2.28. The van der Waals surface area contributed by atoms with Gasteiger partial charge in [-0.3, -0.25) is 4.57 Å². The number of anilines is 1. The molecule has 0 saturated heterocycles. The zero-order valence-electron chi connectivity index (χ0n) is 8.86. The van der Waals surface area contributed by atoms with Gasteiger partial charge in [-0.05, 0) is 12.1 Å². The fourth-order valence-corrected chi connectivity index (χ4v) is 1.39. The third kappa shape index (κ3) is 2.22. The van der Waals surface area contributed by atoms with E-state index in [9.17, 15) is 13.2 Å². The van der Waals surface area contributed by atoms with Crippen LogP contribution in [-0.4, -0.2) is 21.6 Å². The van der Waals surface area contributed by atoms with Crippen LogP contribution in [0, 0.1) is 0 Å². The second-order valence-electron chi connectivity index (χ2n) is 3.27. The Morgan fingerprint density at radius 3 is 2.53 bits per heavy atom. The summed E-state index contributed by atoms with van der Waals surface area (Å²) in [7, 11) is 1.68. The highest BCUT2D eigenvalue weighted by molar-refractivity contribution is 5.40. The van der Waals surface area contributed by atoms with Crippen molar-refractivity contribution in [2.45, 2.75) is 6.18 Å². The summed E-state index contributed by atoms with van der Waals surface area (Å²) in [6.07, 6.45) is -0.0791. The predicted molar refractivity (Wildman–Crippen MR) is 55.9 cm³/mol. The van der Waals surface area contributed by atoms with Crippen molar-refractivity contribution < 1.29 is 13.2 Å². The Hall–Kier alpha value is -2.05. The second kappa shape index (κ2) is 4.08. The molecule has 0 fully saturated rings. The SMILES string of the molecule is CNc1nccn1-c1ccc(C(F)(F)F)nc1. The van der Waals surface area contributed by atoms with Crippen molar-refractivity contribution in [3.63, 3.8) is 0 Å². The first kappa shape index (κ1) is 11.4. The Morgan fingerprint density at radius 1 is 1.24 bits per heavy atom. The minimum absolute atomic E-state index is 0.514. The van der Waals surface area contributed by atoms with E-state index >= 15 is 0 Å². The molecule has 0 bridgehead atoms. The summed E-state index contributed by atoms with van der Waals surface area (Å²) in [5.74, 6) is 0.534. The lowest BCUT2D eigenvalue weighted by atomic mass is 10.3. The molecular formula is C10H9F3N4. The van der Waals surface area contributed by atoms with Crippen molar-refractivity contribution in [2.75, 3.05) is 12.4 Å². The number of nitrogens with one attached hydrogen (secondary N) is 1. The third-order valence-electron chi connectivity index (χ3n) is 2.18. The molecule has 0 unspecified atom stereocenters. The number of nitrogens with zero attached hydrogens (tertiary/aromatic N) is 3. The molecule has 0 radical (unpaired) electrons. The lowest BCUT2D eigenvalue weighted by molar-refractivity contribution is -0.141. The van der Waals surface area contributed by atoms with Gasteiger partial charge in [-0.25, -0.2) is 9.97 Å². The molecule has 0 atom stereocenters. The Labute approximate surface area is 95.1 Å². The zero-order chi connectivity index (χ0) is 12.5. The number of hydrogen-bond donors (Lipinski definition) is 1. The maximum absolute atomic E-state index is 12.3. The number of alkyl halides is 3. The highest BCUT2D eigenvalue weighted by atomic mass is 19.4. The van der Waals surface area contributed by atoms with E-state index in [1.54, 1.807) is 24.0 Å². The maximum atomic E-state index is 12.3. The molecule has 0 spiro atoms. The van der Waals surface area contributed by atoms with Crippen LogP contribution in [0.25, 0.3) is 5.69 Å². The fourth-order valence-electron chi connectivity index (χ4n) is 1.39. The lowest BCUT2D eigenvalue weighted by Gasteiger charge is -2.09. The van der Waals surface area contributed by atoms with Gasteiger partial charge in [0, 0.05) is 19.4 Å². The van der Waals surface area contributed by atoms with Crippen molar-refractivity contribution >= 4 is 5.95 Å². The Kier molecular flexibility index (Phi) is 2.74. The summed E-state index contributed by atoms with van der Waals surface area (Å²) in [4.78, 5) is 7.36. The first-order valence-electron chi connectivity index (χ1n) is 4.77. The third-order valence-corrected chi connectivity index (χ3v) is 2.18. The predicted octanol–water partition coefficient (Wildman–Crippen LogP) is 2.33. The van der Waals surface area contributed by atoms with Crippen LogP contribution in [0.15, 0.2) is 30.7 Å². The van der Waals surface area contributed by atoms with Crippen molar-refractivity contribution in [3.05, 3.63) is 36.4 Å². The number of imidazole rings is 1. The first-order chi connectivity index (χ1) is 8.02. The molecule has 0 aliphatic rings. The molecule has 7 heteroatoms. The summed E-state index contributed by atoms with van der Waals surface area (Å²) >= 11 is 0. The molecule has 2 heterocycles. The normalized spacial score (nSPS) is 11.5. The van der Waals surface area contributed by atoms with E-state index in [0.717, 1.165) is 12.3 Å². The van der Waals surface area contributed by atoms with Gasteiger partial charge in [0.25, 0.3) is 0 Å². The summed E-state index contributed by atoms with van der Waals surface area (Å²) in [5.41, 5.74) is -0.396. The van der Waals surface area contributed by atoms with Crippen LogP contribution in [0.3, 0.4) is 0 Å². The van der Waals surface area contributed by atoms with Crippen LogP contribution in [0.4, 0.5) is 19.1 Å². The second-order valence-corrected chi connectivity index (χ2v) is 3.27. The van der Waals surface area contributed by atoms with Gasteiger partial charge >= 0.3 is 6.18 Å². The van der Waals surface area contributed by atoms with Gasteiger partial charge in [-0.2, -0.15) is 13.2 Å². The lowest BCUT2D eigenvalue weighted by Crippen LogP contribution is -2.08. The molecule has 0 aliphatic carbocycles. The molecule has 1 N–H and O–H groups in total. The fraction of sp³-hybridized carbons (Fsp3) is 0.200. The maximum Gasteiger partial charge on any atom is 0.433 e. The van der Waals surface area contributed by atoms with E-state index in [0.29, 0.717) is 11.6 Å². The smallest absolute Gasteiger partial charge is 0.358 e. The van der Waals surface area contributed by atoms with E-state index < -0.39 is 11.9 Å². The number of pyridine rings is 1. The monoisotopic (exact) mass is 242 g/mol. The van der Waals surface area contributed by atoms with Gasteiger partial charge in [0.1, 0.15) is 5.69 Å². The van der Waals surface area contributed by atoms with Crippen molar-refractivity contribution in [1.29, 1.82) is 0 Å². The average molecular weight is 242 g/mol. The number of aromatic nitrogens is 3. The molecule has 2 rings (SSSR count). The van der Waals surface area contributed by atoms with E-state index in [2.05, 4.69) is 15.3 Å². The van der Waals surface area contributed by atoms with Gasteiger partial charge in [0.2, 0.25) is 5.95 Å². The minimum atomic E-state index is -4.42. The molecule has 0 aliphatic heterocycles. The van der Waals surface area contributed by atoms with Gasteiger partial charge < -0.3 is 5.32 Å². The molecular weight excluding hydrogens is 233 g/mol. The van der Waals surface area contributed by atoms with Gasteiger partial charge in [0.15, 0.2) is 0 Å². The van der Waals surface area contributed by atoms with Crippen LogP contribution in [0.5, 0.6) is 0 Å². The molecule has 2 aromatic rings. The molecule has 90 valence electrons. The first-order valence-corrected chi connectivity index (χ1v) is 4.77. The van der Waals surface area contributed by atoms with Crippen LogP contribution < -0.4 is 5.32 Å². The largest absolute Gasteiger partial charge is 0.433 e. The topological polar surface area (TPSA) is 42.7 Å². The molecule has 0 aromatic carbocycles. The van der Waals surface area contributed by atoms with E-state index in [1.165, 1.54) is 6.07 Å². The Bertz CT molecular complexity index is 501. The van der Waals surface area contributed by atoms with Crippen LogP contribution >= 0.6 is 0 Å². The summed E-state index contributed by atoms with van der Waals surface area (Å²) in [6.45, 7) is 0. The van der Waals surface area contributed by atoms with Crippen molar-refractivity contribution in [2.24, 2.45) is 0 Å². The number of halogens is 3. The standard InChI is InChI=1S/C10H9F3N4/c1-14-9-15-4-5-17(9)7-2-3-8(16-6-7)10(11,12)13/h2-6H,1H3,(H,14,15). The zero-order valence-corrected chi connectivity index (χ0v) is 8.86. The average Bonchev–Trinajstić information content (AvgIpc) is 2.76. The summed E-state index contributed by atoms with van der Waals surface area (Å²) < 4.78 is 38.5. The van der Waals surface area contributed by atoms with Crippen LogP contribution in [0.1, 0.15) is 5.69 Å². The highest BCUT2D eigenvalue weighted by Gasteiger charge is 2.32. The van der Waals surface area contributed by atoms with E-state index in [-0.39, 0.29) is 0 Å². The molecule has 0 amide bonds.